The molecule has 32 heavy (non-hydrogen) atoms. The third-order valence-corrected chi connectivity index (χ3v) is 6.60. The average molecular weight is 477 g/mol. The van der Waals surface area contributed by atoms with Gasteiger partial charge in [-0.15, -0.1) is 11.3 Å². The Hall–Kier alpha value is -3.31. The second-order valence-corrected chi connectivity index (χ2v) is 9.74. The molecule has 0 aliphatic heterocycles. The summed E-state index contributed by atoms with van der Waals surface area (Å²) >= 11 is 1.15. The molecule has 0 saturated heterocycles. The lowest BCUT2D eigenvalue weighted by Gasteiger charge is -2.22. The summed E-state index contributed by atoms with van der Waals surface area (Å²) in [5, 5.41) is 7.22. The third-order valence-electron chi connectivity index (χ3n) is 4.43. The van der Waals surface area contributed by atoms with E-state index in [2.05, 4.69) is 20.3 Å². The van der Waals surface area contributed by atoms with Gasteiger partial charge in [-0.25, -0.2) is 17.8 Å². The Morgan fingerprint density at radius 3 is 2.25 bits per heavy atom. The lowest BCUT2D eigenvalue weighted by atomic mass is 10.0. The first-order valence-corrected chi connectivity index (χ1v) is 11.9. The molecule has 0 spiro atoms. The van der Waals surface area contributed by atoms with Crippen LogP contribution in [0.4, 0.5) is 15.2 Å². The first-order valence-electron chi connectivity index (χ1n) is 9.55. The SMILES string of the molecule is CC(C)C(NC(=O)c1ccc(F)cc1)C(=O)Nc1ccc(S(=O)(=O)Nc2nccs2)cc1. The minimum absolute atomic E-state index is 0.00993. The zero-order valence-corrected chi connectivity index (χ0v) is 18.8. The van der Waals surface area contributed by atoms with E-state index in [4.69, 9.17) is 0 Å². The minimum atomic E-state index is -3.81. The van der Waals surface area contributed by atoms with Gasteiger partial charge >= 0.3 is 0 Å². The molecule has 0 aliphatic rings. The average Bonchev–Trinajstić information content (AvgIpc) is 3.24. The lowest BCUT2D eigenvalue weighted by Crippen LogP contribution is -2.47. The second kappa shape index (κ2) is 9.88. The number of halogens is 1. The molecule has 1 unspecified atom stereocenters. The van der Waals surface area contributed by atoms with E-state index in [0.29, 0.717) is 5.69 Å². The summed E-state index contributed by atoms with van der Waals surface area (Å²) in [5.41, 5.74) is 0.594. The van der Waals surface area contributed by atoms with Crippen LogP contribution in [-0.2, 0) is 14.8 Å². The number of sulfonamides is 1. The number of nitrogens with zero attached hydrogens (tertiary/aromatic N) is 1. The first kappa shape index (κ1) is 23.4. The standard InChI is InChI=1S/C21H21FN4O4S2/c1-13(2)18(25-19(27)14-3-5-15(22)6-4-14)20(28)24-16-7-9-17(10-8-16)32(29,30)26-21-23-11-12-31-21/h3-13,18H,1-2H3,(H,23,26)(H,24,28)(H,25,27). The molecule has 0 aliphatic carbocycles. The van der Waals surface area contributed by atoms with E-state index in [1.165, 1.54) is 54.7 Å². The fourth-order valence-corrected chi connectivity index (χ4v) is 4.53. The maximum Gasteiger partial charge on any atom is 0.263 e. The quantitative estimate of drug-likeness (QED) is 0.460. The topological polar surface area (TPSA) is 117 Å². The van der Waals surface area contributed by atoms with Gasteiger partial charge in [0.05, 0.1) is 4.90 Å². The summed E-state index contributed by atoms with van der Waals surface area (Å²) < 4.78 is 40.2. The predicted molar refractivity (Wildman–Crippen MR) is 120 cm³/mol. The molecule has 0 bridgehead atoms. The Kier molecular flexibility index (Phi) is 7.21. The Bertz CT molecular complexity index is 1180. The van der Waals surface area contributed by atoms with Crippen molar-refractivity contribution in [2.45, 2.75) is 24.8 Å². The Morgan fingerprint density at radius 1 is 1.03 bits per heavy atom. The van der Waals surface area contributed by atoms with Gasteiger partial charge in [-0.05, 0) is 54.4 Å². The van der Waals surface area contributed by atoms with Crippen molar-refractivity contribution in [1.82, 2.24) is 10.3 Å². The molecule has 2 aromatic carbocycles. The van der Waals surface area contributed by atoms with Crippen LogP contribution in [0.15, 0.2) is 65.0 Å². The molecule has 1 heterocycles. The Labute approximate surface area is 188 Å². The van der Waals surface area contributed by atoms with Gasteiger partial charge in [0.25, 0.3) is 15.9 Å². The largest absolute Gasteiger partial charge is 0.340 e. The van der Waals surface area contributed by atoms with Crippen molar-refractivity contribution < 1.29 is 22.4 Å². The van der Waals surface area contributed by atoms with Crippen LogP contribution in [0.5, 0.6) is 0 Å². The zero-order valence-electron chi connectivity index (χ0n) is 17.2. The number of aromatic nitrogens is 1. The van der Waals surface area contributed by atoms with E-state index in [1.54, 1.807) is 19.2 Å². The number of nitrogens with one attached hydrogen (secondary N) is 3. The molecular formula is C21H21FN4O4S2. The number of amides is 2. The van der Waals surface area contributed by atoms with Crippen LogP contribution in [0.1, 0.15) is 24.2 Å². The fourth-order valence-electron chi connectivity index (χ4n) is 2.75. The minimum Gasteiger partial charge on any atom is -0.340 e. The molecule has 3 rings (SSSR count). The van der Waals surface area contributed by atoms with Crippen molar-refractivity contribution in [3.05, 3.63) is 71.5 Å². The summed E-state index contributed by atoms with van der Waals surface area (Å²) in [6, 6.07) is 9.75. The van der Waals surface area contributed by atoms with Crippen molar-refractivity contribution in [1.29, 1.82) is 0 Å². The zero-order chi connectivity index (χ0) is 23.3. The number of thiazole rings is 1. The number of hydrogen-bond donors (Lipinski definition) is 3. The van der Waals surface area contributed by atoms with Crippen molar-refractivity contribution in [2.75, 3.05) is 10.0 Å². The lowest BCUT2D eigenvalue weighted by molar-refractivity contribution is -0.118. The monoisotopic (exact) mass is 476 g/mol. The van der Waals surface area contributed by atoms with Crippen LogP contribution in [-0.4, -0.2) is 31.3 Å². The molecule has 0 fully saturated rings. The van der Waals surface area contributed by atoms with Crippen molar-refractivity contribution in [3.63, 3.8) is 0 Å². The number of carbonyl (C=O) groups is 2. The van der Waals surface area contributed by atoms with Crippen LogP contribution in [0.25, 0.3) is 0 Å². The molecule has 168 valence electrons. The van der Waals surface area contributed by atoms with E-state index in [9.17, 15) is 22.4 Å². The highest BCUT2D eigenvalue weighted by atomic mass is 32.2. The summed E-state index contributed by atoms with van der Waals surface area (Å²) in [6.07, 6.45) is 1.49. The van der Waals surface area contributed by atoms with E-state index in [-0.39, 0.29) is 21.5 Å². The van der Waals surface area contributed by atoms with Gasteiger partial charge in [0.1, 0.15) is 11.9 Å². The predicted octanol–water partition coefficient (Wildman–Crippen LogP) is 3.48. The maximum atomic E-state index is 13.1. The molecule has 11 heteroatoms. The van der Waals surface area contributed by atoms with Crippen molar-refractivity contribution >= 4 is 44.0 Å². The van der Waals surface area contributed by atoms with Crippen LogP contribution in [0.2, 0.25) is 0 Å². The molecule has 8 nitrogen and oxygen atoms in total. The van der Waals surface area contributed by atoms with Gasteiger partial charge < -0.3 is 10.6 Å². The Morgan fingerprint density at radius 2 is 1.69 bits per heavy atom. The fraction of sp³-hybridized carbons (Fsp3) is 0.190. The molecule has 3 aromatic rings. The van der Waals surface area contributed by atoms with E-state index >= 15 is 0 Å². The van der Waals surface area contributed by atoms with Gasteiger partial charge in [0, 0.05) is 22.8 Å². The highest BCUT2D eigenvalue weighted by Gasteiger charge is 2.25. The van der Waals surface area contributed by atoms with E-state index < -0.39 is 33.7 Å². The van der Waals surface area contributed by atoms with Crippen molar-refractivity contribution in [3.8, 4) is 0 Å². The molecule has 0 radical (unpaired) electrons. The highest BCUT2D eigenvalue weighted by molar-refractivity contribution is 7.93. The summed E-state index contributed by atoms with van der Waals surface area (Å²) in [5.74, 6) is -1.67. The second-order valence-electron chi connectivity index (χ2n) is 7.16. The van der Waals surface area contributed by atoms with E-state index in [1.807, 2.05) is 0 Å². The molecule has 1 aromatic heterocycles. The van der Waals surface area contributed by atoms with Crippen LogP contribution < -0.4 is 15.4 Å². The summed E-state index contributed by atoms with van der Waals surface area (Å²) in [6.45, 7) is 3.55. The van der Waals surface area contributed by atoms with E-state index in [0.717, 1.165) is 11.3 Å². The maximum absolute atomic E-state index is 13.1. The molecule has 0 saturated carbocycles. The Balaban J connectivity index is 1.67. The number of hydrogen-bond acceptors (Lipinski definition) is 6. The van der Waals surface area contributed by atoms with Gasteiger partial charge in [0.2, 0.25) is 5.91 Å². The number of carbonyl (C=O) groups excluding carboxylic acids is 2. The van der Waals surface area contributed by atoms with Gasteiger partial charge in [-0.2, -0.15) is 0 Å². The highest BCUT2D eigenvalue weighted by Crippen LogP contribution is 2.20. The third kappa shape index (κ3) is 5.89. The normalized spacial score (nSPS) is 12.2. The molecule has 1 atom stereocenters. The summed E-state index contributed by atoms with van der Waals surface area (Å²) in [4.78, 5) is 29.1. The molecule has 2 amide bonds. The summed E-state index contributed by atoms with van der Waals surface area (Å²) in [7, 11) is -3.81. The van der Waals surface area contributed by atoms with Gasteiger partial charge in [-0.3, -0.25) is 14.3 Å². The van der Waals surface area contributed by atoms with Crippen LogP contribution in [0.3, 0.4) is 0 Å². The van der Waals surface area contributed by atoms with Gasteiger partial charge in [-0.1, -0.05) is 13.8 Å². The van der Waals surface area contributed by atoms with Gasteiger partial charge in [0.15, 0.2) is 5.13 Å². The molecule has 3 N–H and O–H groups in total. The number of anilines is 2. The van der Waals surface area contributed by atoms with Crippen LogP contribution >= 0.6 is 11.3 Å². The van der Waals surface area contributed by atoms with Crippen LogP contribution in [0, 0.1) is 11.7 Å². The smallest absolute Gasteiger partial charge is 0.263 e. The first-order chi connectivity index (χ1) is 15.2. The number of benzene rings is 2. The number of rotatable bonds is 8. The van der Waals surface area contributed by atoms with Crippen molar-refractivity contribution in [2.24, 2.45) is 5.92 Å². The molecular weight excluding hydrogens is 455 g/mol.